The Hall–Kier alpha value is -2.47. The van der Waals surface area contributed by atoms with E-state index in [-0.39, 0.29) is 12.5 Å². The number of ether oxygens (including phenoxy) is 2. The van der Waals surface area contributed by atoms with Crippen molar-refractivity contribution in [3.05, 3.63) is 81.1 Å². The molecule has 0 aliphatic rings. The number of amides is 1. The van der Waals surface area contributed by atoms with Crippen LogP contribution in [0.4, 0.5) is 5.69 Å². The Morgan fingerprint density at radius 2 is 1.86 bits per heavy atom. The van der Waals surface area contributed by atoms with Crippen LogP contribution < -0.4 is 14.8 Å². The number of carbonyl (C=O) groups is 1. The first-order chi connectivity index (χ1) is 13.5. The topological polar surface area (TPSA) is 60.5 Å². The first-order valence-corrected chi connectivity index (χ1v) is 9.27. The Balaban J connectivity index is 1.74. The third-order valence-electron chi connectivity index (χ3n) is 3.84. The lowest BCUT2D eigenvalue weighted by molar-refractivity contribution is 0.102. The molecule has 1 amide bonds. The van der Waals surface area contributed by atoms with Gasteiger partial charge in [-0.2, -0.15) is 0 Å². The van der Waals surface area contributed by atoms with Gasteiger partial charge >= 0.3 is 0 Å². The van der Waals surface area contributed by atoms with Crippen LogP contribution in [0.5, 0.6) is 11.5 Å². The maximum Gasteiger partial charge on any atom is 0.255 e. The molecule has 0 atom stereocenters. The molecule has 0 saturated carbocycles. The van der Waals surface area contributed by atoms with Gasteiger partial charge in [-0.25, -0.2) is 0 Å². The van der Waals surface area contributed by atoms with Crippen LogP contribution in [0, 0.1) is 0 Å². The first-order valence-electron chi connectivity index (χ1n) is 8.13. The lowest BCUT2D eigenvalue weighted by atomic mass is 10.1. The smallest absolute Gasteiger partial charge is 0.255 e. The SMILES string of the molecule is COc1cc(C(=O)Nc2ccncc2Cl)ccc1OCc1ccc(Cl)cc1Cl. The molecule has 5 nitrogen and oxygen atoms in total. The molecule has 0 unspecified atom stereocenters. The number of aromatic nitrogens is 1. The molecule has 144 valence electrons. The number of hydrogen-bond donors (Lipinski definition) is 1. The zero-order valence-electron chi connectivity index (χ0n) is 14.7. The lowest BCUT2D eigenvalue weighted by Gasteiger charge is -2.13. The van der Waals surface area contributed by atoms with E-state index in [2.05, 4.69) is 10.3 Å². The molecule has 1 N–H and O–H groups in total. The molecular formula is C20H15Cl3N2O3. The summed E-state index contributed by atoms with van der Waals surface area (Å²) < 4.78 is 11.1. The van der Waals surface area contributed by atoms with Gasteiger partial charge in [0.15, 0.2) is 11.5 Å². The number of halogens is 3. The molecule has 1 aromatic heterocycles. The monoisotopic (exact) mass is 436 g/mol. The quantitative estimate of drug-likeness (QED) is 0.523. The second-order valence-electron chi connectivity index (χ2n) is 5.70. The third-order valence-corrected chi connectivity index (χ3v) is 4.73. The van der Waals surface area contributed by atoms with Crippen LogP contribution in [0.25, 0.3) is 0 Å². The van der Waals surface area contributed by atoms with Crippen LogP contribution >= 0.6 is 34.8 Å². The molecule has 0 spiro atoms. The van der Waals surface area contributed by atoms with Crippen molar-refractivity contribution in [1.29, 1.82) is 0 Å². The fraction of sp³-hybridized carbons (Fsp3) is 0.100. The van der Waals surface area contributed by atoms with Gasteiger partial charge in [0, 0.05) is 33.6 Å². The number of nitrogens with zero attached hydrogens (tertiary/aromatic N) is 1. The Kier molecular flexibility index (Phi) is 6.62. The minimum Gasteiger partial charge on any atom is -0.493 e. The van der Waals surface area contributed by atoms with E-state index in [1.54, 1.807) is 48.7 Å². The van der Waals surface area contributed by atoms with Crippen molar-refractivity contribution in [3.63, 3.8) is 0 Å². The average molecular weight is 438 g/mol. The van der Waals surface area contributed by atoms with E-state index < -0.39 is 0 Å². The van der Waals surface area contributed by atoms with E-state index >= 15 is 0 Å². The van der Waals surface area contributed by atoms with E-state index in [0.29, 0.717) is 37.8 Å². The number of benzene rings is 2. The van der Waals surface area contributed by atoms with Crippen LogP contribution in [0.1, 0.15) is 15.9 Å². The lowest BCUT2D eigenvalue weighted by Crippen LogP contribution is -2.12. The highest BCUT2D eigenvalue weighted by atomic mass is 35.5. The Bertz CT molecular complexity index is 1010. The molecule has 0 fully saturated rings. The molecule has 0 aliphatic heterocycles. The van der Waals surface area contributed by atoms with Crippen LogP contribution in [0.2, 0.25) is 15.1 Å². The van der Waals surface area contributed by atoms with Crippen molar-refractivity contribution < 1.29 is 14.3 Å². The van der Waals surface area contributed by atoms with Crippen molar-refractivity contribution in [3.8, 4) is 11.5 Å². The van der Waals surface area contributed by atoms with Crippen molar-refractivity contribution in [2.24, 2.45) is 0 Å². The van der Waals surface area contributed by atoms with E-state index in [0.717, 1.165) is 5.56 Å². The van der Waals surface area contributed by atoms with Crippen molar-refractivity contribution >= 4 is 46.4 Å². The first kappa shape index (κ1) is 20.3. The van der Waals surface area contributed by atoms with E-state index in [1.165, 1.54) is 13.3 Å². The second-order valence-corrected chi connectivity index (χ2v) is 6.95. The molecule has 28 heavy (non-hydrogen) atoms. The van der Waals surface area contributed by atoms with Crippen LogP contribution in [0.3, 0.4) is 0 Å². The number of anilines is 1. The van der Waals surface area contributed by atoms with Crippen molar-refractivity contribution in [2.75, 3.05) is 12.4 Å². The highest BCUT2D eigenvalue weighted by Crippen LogP contribution is 2.31. The molecule has 0 saturated heterocycles. The summed E-state index contributed by atoms with van der Waals surface area (Å²) in [5.74, 6) is 0.560. The predicted octanol–water partition coefficient (Wildman–Crippen LogP) is 5.88. The maximum absolute atomic E-state index is 12.5. The zero-order chi connectivity index (χ0) is 20.1. The van der Waals surface area contributed by atoms with Gasteiger partial charge in [-0.15, -0.1) is 0 Å². The number of hydrogen-bond acceptors (Lipinski definition) is 4. The number of pyridine rings is 1. The van der Waals surface area contributed by atoms with Gasteiger partial charge in [-0.05, 0) is 36.4 Å². The maximum atomic E-state index is 12.5. The minimum atomic E-state index is -0.335. The second kappa shape index (κ2) is 9.15. The number of carbonyl (C=O) groups excluding carboxylic acids is 1. The van der Waals surface area contributed by atoms with Crippen LogP contribution in [0.15, 0.2) is 54.9 Å². The third kappa shape index (κ3) is 4.87. The van der Waals surface area contributed by atoms with E-state index in [1.807, 2.05) is 0 Å². The van der Waals surface area contributed by atoms with Crippen LogP contribution in [-0.2, 0) is 6.61 Å². The van der Waals surface area contributed by atoms with Crippen molar-refractivity contribution in [2.45, 2.75) is 6.61 Å². The summed E-state index contributed by atoms with van der Waals surface area (Å²) in [6, 6.07) is 11.7. The fourth-order valence-electron chi connectivity index (χ4n) is 2.39. The fourth-order valence-corrected chi connectivity index (χ4v) is 3.02. The molecule has 0 aliphatic carbocycles. The number of nitrogens with one attached hydrogen (secondary N) is 1. The average Bonchev–Trinajstić information content (AvgIpc) is 2.69. The Morgan fingerprint density at radius 1 is 1.04 bits per heavy atom. The number of rotatable bonds is 6. The normalized spacial score (nSPS) is 10.4. The Labute approximate surface area is 177 Å². The highest BCUT2D eigenvalue weighted by molar-refractivity contribution is 6.35. The van der Waals surface area contributed by atoms with Gasteiger partial charge in [0.25, 0.3) is 5.91 Å². The summed E-state index contributed by atoms with van der Waals surface area (Å²) in [7, 11) is 1.50. The molecule has 1 heterocycles. The summed E-state index contributed by atoms with van der Waals surface area (Å²) in [5, 5.41) is 4.14. The number of methoxy groups -OCH3 is 1. The van der Waals surface area contributed by atoms with Gasteiger partial charge in [0.2, 0.25) is 0 Å². The Morgan fingerprint density at radius 3 is 2.57 bits per heavy atom. The van der Waals surface area contributed by atoms with E-state index in [4.69, 9.17) is 44.3 Å². The molecule has 8 heteroatoms. The zero-order valence-corrected chi connectivity index (χ0v) is 17.0. The van der Waals surface area contributed by atoms with Gasteiger partial charge in [-0.3, -0.25) is 9.78 Å². The highest BCUT2D eigenvalue weighted by Gasteiger charge is 2.13. The van der Waals surface area contributed by atoms with Gasteiger partial charge in [0.05, 0.1) is 17.8 Å². The molecule has 0 radical (unpaired) electrons. The molecular weight excluding hydrogens is 423 g/mol. The molecule has 2 aromatic carbocycles. The summed E-state index contributed by atoms with van der Waals surface area (Å²) in [5.41, 5.74) is 1.64. The van der Waals surface area contributed by atoms with Crippen LogP contribution in [-0.4, -0.2) is 18.0 Å². The van der Waals surface area contributed by atoms with Gasteiger partial charge in [0.1, 0.15) is 6.61 Å². The van der Waals surface area contributed by atoms with Gasteiger partial charge in [-0.1, -0.05) is 40.9 Å². The summed E-state index contributed by atoms with van der Waals surface area (Å²) >= 11 is 18.1. The standard InChI is InChI=1S/C20H15Cl3N2O3/c1-27-19-8-12(20(26)25-17-6-7-24-10-16(17)23)3-5-18(19)28-11-13-2-4-14(21)9-15(13)22/h2-10H,11H2,1H3,(H,24,25,26). The van der Waals surface area contributed by atoms with Gasteiger partial charge < -0.3 is 14.8 Å². The summed E-state index contributed by atoms with van der Waals surface area (Å²) in [6.45, 7) is 0.227. The molecule has 3 aromatic rings. The summed E-state index contributed by atoms with van der Waals surface area (Å²) in [4.78, 5) is 16.4. The largest absolute Gasteiger partial charge is 0.493 e. The predicted molar refractivity (Wildman–Crippen MR) is 111 cm³/mol. The molecule has 0 bridgehead atoms. The van der Waals surface area contributed by atoms with E-state index in [9.17, 15) is 4.79 Å². The minimum absolute atomic E-state index is 0.227. The van der Waals surface area contributed by atoms with Crippen molar-refractivity contribution in [1.82, 2.24) is 4.98 Å². The summed E-state index contributed by atoms with van der Waals surface area (Å²) in [6.07, 6.45) is 3.00. The molecule has 3 rings (SSSR count).